The normalized spacial score (nSPS) is 23.8. The molecule has 9 heteroatoms. The summed E-state index contributed by atoms with van der Waals surface area (Å²) in [7, 11) is 0. The standard InChI is InChI=1S/C12H16F4N2O3/c13-10(14)12(15,16)11(20)18-5-3-17(4-6-18)9(19)8-2-1-7-21-8/h8,10H,1-7H2. The Hall–Kier alpha value is -1.38. The molecule has 0 bridgehead atoms. The van der Waals surface area contributed by atoms with Gasteiger partial charge in [-0.2, -0.15) is 8.78 Å². The van der Waals surface area contributed by atoms with E-state index in [1.807, 2.05) is 0 Å². The first-order valence-corrected chi connectivity index (χ1v) is 6.69. The maximum atomic E-state index is 13.0. The molecule has 1 atom stereocenters. The summed E-state index contributed by atoms with van der Waals surface area (Å²) in [6.07, 6.45) is -3.15. The second kappa shape index (κ2) is 6.17. The quantitative estimate of drug-likeness (QED) is 0.722. The number of nitrogens with zero attached hydrogens (tertiary/aromatic N) is 2. The van der Waals surface area contributed by atoms with E-state index in [0.29, 0.717) is 17.9 Å². The fraction of sp³-hybridized carbons (Fsp3) is 0.833. The second-order valence-corrected chi connectivity index (χ2v) is 5.04. The Labute approximate surface area is 118 Å². The van der Waals surface area contributed by atoms with Gasteiger partial charge in [-0.15, -0.1) is 0 Å². The number of rotatable bonds is 3. The Morgan fingerprint density at radius 2 is 1.67 bits per heavy atom. The Kier molecular flexibility index (Phi) is 4.70. The minimum absolute atomic E-state index is 0.0454. The third-order valence-electron chi connectivity index (χ3n) is 3.64. The average molecular weight is 312 g/mol. The highest BCUT2D eigenvalue weighted by Gasteiger charge is 2.51. The molecule has 2 saturated heterocycles. The molecule has 0 spiro atoms. The second-order valence-electron chi connectivity index (χ2n) is 5.04. The monoisotopic (exact) mass is 312 g/mol. The first kappa shape index (κ1) is 16.0. The van der Waals surface area contributed by atoms with Crippen LogP contribution in [0.15, 0.2) is 0 Å². The van der Waals surface area contributed by atoms with Crippen molar-refractivity contribution in [3.05, 3.63) is 0 Å². The van der Waals surface area contributed by atoms with E-state index in [1.54, 1.807) is 0 Å². The topological polar surface area (TPSA) is 49.9 Å². The summed E-state index contributed by atoms with van der Waals surface area (Å²) in [6, 6.07) is 0. The first-order valence-electron chi connectivity index (χ1n) is 6.69. The van der Waals surface area contributed by atoms with Crippen molar-refractivity contribution in [2.75, 3.05) is 32.8 Å². The molecule has 0 aliphatic carbocycles. The van der Waals surface area contributed by atoms with E-state index in [1.165, 1.54) is 4.90 Å². The third kappa shape index (κ3) is 3.28. The van der Waals surface area contributed by atoms with Crippen LogP contribution in [0.5, 0.6) is 0 Å². The number of carbonyl (C=O) groups excluding carboxylic acids is 2. The van der Waals surface area contributed by atoms with Crippen LogP contribution < -0.4 is 0 Å². The molecule has 0 N–H and O–H groups in total. The highest BCUT2D eigenvalue weighted by Crippen LogP contribution is 2.26. The molecule has 2 rings (SSSR count). The molecule has 21 heavy (non-hydrogen) atoms. The number of alkyl halides is 4. The van der Waals surface area contributed by atoms with Crippen LogP contribution in [0.2, 0.25) is 0 Å². The van der Waals surface area contributed by atoms with Gasteiger partial charge in [-0.05, 0) is 12.8 Å². The largest absolute Gasteiger partial charge is 0.383 e. The fourth-order valence-electron chi connectivity index (χ4n) is 2.41. The minimum Gasteiger partial charge on any atom is -0.368 e. The summed E-state index contributed by atoms with van der Waals surface area (Å²) in [4.78, 5) is 25.5. The SMILES string of the molecule is O=C(C1CCCO1)N1CCN(C(=O)C(F)(F)C(F)F)CC1. The smallest absolute Gasteiger partial charge is 0.368 e. The Bertz CT molecular complexity index is 405. The number of piperazine rings is 1. The van der Waals surface area contributed by atoms with Gasteiger partial charge in [-0.25, -0.2) is 8.78 Å². The molecule has 0 radical (unpaired) electrons. The van der Waals surface area contributed by atoms with Gasteiger partial charge in [0.05, 0.1) is 0 Å². The average Bonchev–Trinajstić information content (AvgIpc) is 3.00. The number of halogens is 4. The van der Waals surface area contributed by atoms with Gasteiger partial charge in [0.25, 0.3) is 11.8 Å². The predicted octanol–water partition coefficient (Wildman–Crippen LogP) is 0.737. The molecule has 0 aromatic rings. The van der Waals surface area contributed by atoms with Gasteiger partial charge in [0.1, 0.15) is 6.10 Å². The zero-order chi connectivity index (χ0) is 15.6. The molecule has 1 unspecified atom stereocenters. The molecule has 5 nitrogen and oxygen atoms in total. The summed E-state index contributed by atoms with van der Waals surface area (Å²) in [5, 5.41) is 0. The van der Waals surface area contributed by atoms with Crippen molar-refractivity contribution in [2.45, 2.75) is 31.3 Å². The zero-order valence-electron chi connectivity index (χ0n) is 11.2. The van der Waals surface area contributed by atoms with Crippen molar-refractivity contribution in [3.63, 3.8) is 0 Å². The summed E-state index contributed by atoms with van der Waals surface area (Å²) in [6.45, 7) is 0.238. The number of amides is 2. The Balaban J connectivity index is 1.88. The van der Waals surface area contributed by atoms with Gasteiger partial charge in [0.2, 0.25) is 0 Å². The van der Waals surface area contributed by atoms with E-state index < -0.39 is 24.4 Å². The number of hydrogen-bond acceptors (Lipinski definition) is 3. The summed E-state index contributed by atoms with van der Waals surface area (Å²) < 4.78 is 55.5. The van der Waals surface area contributed by atoms with E-state index in [9.17, 15) is 27.2 Å². The van der Waals surface area contributed by atoms with Crippen LogP contribution in [-0.2, 0) is 14.3 Å². The van der Waals surface area contributed by atoms with Crippen molar-refractivity contribution in [2.24, 2.45) is 0 Å². The summed E-state index contributed by atoms with van der Waals surface area (Å²) in [5.74, 6) is -6.80. The van der Waals surface area contributed by atoms with Gasteiger partial charge in [0, 0.05) is 32.8 Å². The lowest BCUT2D eigenvalue weighted by Crippen LogP contribution is -2.57. The van der Waals surface area contributed by atoms with Gasteiger partial charge in [0.15, 0.2) is 0 Å². The lowest BCUT2D eigenvalue weighted by atomic mass is 10.2. The van der Waals surface area contributed by atoms with Crippen LogP contribution in [0, 0.1) is 0 Å². The molecule has 2 aliphatic rings. The van der Waals surface area contributed by atoms with Crippen molar-refractivity contribution < 1.29 is 31.9 Å². The highest BCUT2D eigenvalue weighted by atomic mass is 19.3. The van der Waals surface area contributed by atoms with E-state index in [-0.39, 0.29) is 32.1 Å². The van der Waals surface area contributed by atoms with E-state index >= 15 is 0 Å². The number of hydrogen-bond donors (Lipinski definition) is 0. The number of ether oxygens (including phenoxy) is 1. The molecule has 120 valence electrons. The minimum atomic E-state index is -4.68. The number of carbonyl (C=O) groups is 2. The lowest BCUT2D eigenvalue weighted by molar-refractivity contribution is -0.182. The molecule has 0 aromatic heterocycles. The summed E-state index contributed by atoms with van der Waals surface area (Å²) >= 11 is 0. The van der Waals surface area contributed by atoms with Crippen LogP contribution in [0.4, 0.5) is 17.6 Å². The maximum absolute atomic E-state index is 13.0. The maximum Gasteiger partial charge on any atom is 0.383 e. The zero-order valence-corrected chi connectivity index (χ0v) is 11.2. The van der Waals surface area contributed by atoms with Crippen molar-refractivity contribution in [3.8, 4) is 0 Å². The molecule has 0 saturated carbocycles. The van der Waals surface area contributed by atoms with Gasteiger partial charge >= 0.3 is 12.3 Å². The van der Waals surface area contributed by atoms with Crippen molar-refractivity contribution in [1.29, 1.82) is 0 Å². The lowest BCUT2D eigenvalue weighted by Gasteiger charge is -2.36. The molecule has 2 amide bonds. The van der Waals surface area contributed by atoms with Crippen LogP contribution in [0.25, 0.3) is 0 Å². The molecular weight excluding hydrogens is 296 g/mol. The predicted molar refractivity (Wildman–Crippen MR) is 63.1 cm³/mol. The molecule has 0 aromatic carbocycles. The van der Waals surface area contributed by atoms with Crippen LogP contribution in [-0.4, -0.2) is 72.9 Å². The Morgan fingerprint density at radius 1 is 1.10 bits per heavy atom. The van der Waals surface area contributed by atoms with E-state index in [4.69, 9.17) is 4.74 Å². The van der Waals surface area contributed by atoms with E-state index in [0.717, 1.165) is 6.42 Å². The van der Waals surface area contributed by atoms with E-state index in [2.05, 4.69) is 0 Å². The fourth-order valence-corrected chi connectivity index (χ4v) is 2.41. The van der Waals surface area contributed by atoms with Gasteiger partial charge < -0.3 is 14.5 Å². The summed E-state index contributed by atoms with van der Waals surface area (Å²) in [5.41, 5.74) is 0. The molecule has 2 fully saturated rings. The van der Waals surface area contributed by atoms with Crippen LogP contribution >= 0.6 is 0 Å². The molecule has 2 heterocycles. The Morgan fingerprint density at radius 3 is 2.14 bits per heavy atom. The molecule has 2 aliphatic heterocycles. The third-order valence-corrected chi connectivity index (χ3v) is 3.64. The van der Waals surface area contributed by atoms with Crippen molar-refractivity contribution >= 4 is 11.8 Å². The van der Waals surface area contributed by atoms with Crippen LogP contribution in [0.1, 0.15) is 12.8 Å². The highest BCUT2D eigenvalue weighted by molar-refractivity contribution is 5.85. The first-order chi connectivity index (χ1) is 9.84. The van der Waals surface area contributed by atoms with Gasteiger partial charge in [-0.3, -0.25) is 9.59 Å². The van der Waals surface area contributed by atoms with Gasteiger partial charge in [-0.1, -0.05) is 0 Å². The molecular formula is C12H16F4N2O3. The van der Waals surface area contributed by atoms with Crippen molar-refractivity contribution in [1.82, 2.24) is 9.80 Å². The van der Waals surface area contributed by atoms with Crippen LogP contribution in [0.3, 0.4) is 0 Å².